The molecular formula is C21H43NO5. The van der Waals surface area contributed by atoms with Gasteiger partial charge in [0.2, 0.25) is 5.91 Å². The summed E-state index contributed by atoms with van der Waals surface area (Å²) in [4.78, 5) is 12.2. The molecule has 0 aromatic rings. The highest BCUT2D eigenvalue weighted by atomic mass is 16.6. The first-order chi connectivity index (χ1) is 13.0. The lowest BCUT2D eigenvalue weighted by Crippen LogP contribution is -2.35. The van der Waals surface area contributed by atoms with Crippen molar-refractivity contribution in [3.63, 3.8) is 0 Å². The third kappa shape index (κ3) is 12.4. The van der Waals surface area contributed by atoms with Crippen LogP contribution in [0.1, 0.15) is 54.8 Å². The summed E-state index contributed by atoms with van der Waals surface area (Å²) in [6.07, 6.45) is 4.65. The highest BCUT2D eigenvalue weighted by Gasteiger charge is 2.27. The highest BCUT2D eigenvalue weighted by molar-refractivity contribution is 5.78. The van der Waals surface area contributed by atoms with Gasteiger partial charge in [0, 0.05) is 13.9 Å². The topological polar surface area (TPSA) is 66.0 Å². The quantitative estimate of drug-likeness (QED) is 0.435. The largest absolute Gasteiger partial charge is 0.377 e. The zero-order valence-corrected chi connectivity index (χ0v) is 17.8. The molecule has 0 aromatic carbocycles. The smallest absolute Gasteiger partial charge is 0.223 e. The van der Waals surface area contributed by atoms with Gasteiger partial charge in [-0.15, -0.1) is 0 Å². The van der Waals surface area contributed by atoms with Gasteiger partial charge in [0.15, 0.2) is 0 Å². The van der Waals surface area contributed by atoms with E-state index in [0.29, 0.717) is 52.8 Å². The van der Waals surface area contributed by atoms with E-state index in [1.807, 2.05) is 13.8 Å². The monoisotopic (exact) mass is 389 g/mol. The van der Waals surface area contributed by atoms with Crippen molar-refractivity contribution in [3.05, 3.63) is 0 Å². The first-order valence-electron chi connectivity index (χ1n) is 10.6. The van der Waals surface area contributed by atoms with E-state index in [4.69, 9.17) is 18.9 Å². The summed E-state index contributed by atoms with van der Waals surface area (Å²) >= 11 is 0. The molecule has 6 nitrogen and oxygen atoms in total. The van der Waals surface area contributed by atoms with E-state index >= 15 is 0 Å². The van der Waals surface area contributed by atoms with E-state index in [1.165, 1.54) is 12.8 Å². The van der Waals surface area contributed by atoms with E-state index < -0.39 is 0 Å². The lowest BCUT2D eigenvalue weighted by atomic mass is 9.77. The lowest BCUT2D eigenvalue weighted by molar-refractivity contribution is -0.126. The van der Waals surface area contributed by atoms with Crippen LogP contribution in [0.25, 0.3) is 0 Å². The van der Waals surface area contributed by atoms with Gasteiger partial charge in [-0.2, -0.15) is 0 Å². The minimum absolute atomic E-state index is 0. The number of ether oxygens (including phenoxy) is 4. The number of carbonyl (C=O) groups excluding carboxylic acids is 1. The van der Waals surface area contributed by atoms with Crippen LogP contribution in [0.3, 0.4) is 0 Å². The van der Waals surface area contributed by atoms with E-state index in [9.17, 15) is 4.79 Å². The second-order valence-electron chi connectivity index (χ2n) is 7.90. The van der Waals surface area contributed by atoms with Gasteiger partial charge in [-0.3, -0.25) is 4.79 Å². The van der Waals surface area contributed by atoms with Crippen LogP contribution in [0.2, 0.25) is 0 Å². The predicted octanol–water partition coefficient (Wildman–Crippen LogP) is 3.29. The van der Waals surface area contributed by atoms with E-state index in [2.05, 4.69) is 19.2 Å². The maximum atomic E-state index is 12.2. The molecule has 1 aliphatic carbocycles. The Balaban J connectivity index is 0.00000729. The summed E-state index contributed by atoms with van der Waals surface area (Å²) in [7, 11) is 0. The van der Waals surface area contributed by atoms with Crippen LogP contribution >= 0.6 is 0 Å². The molecule has 0 saturated heterocycles. The molecule has 0 spiro atoms. The molecule has 1 N–H and O–H groups in total. The van der Waals surface area contributed by atoms with Crippen LogP contribution in [-0.4, -0.2) is 64.8 Å². The zero-order valence-electron chi connectivity index (χ0n) is 17.8. The van der Waals surface area contributed by atoms with Crippen molar-refractivity contribution >= 4 is 5.91 Å². The Kier molecular flexibility index (Phi) is 13.8. The zero-order chi connectivity index (χ0) is 19.9. The molecule has 1 fully saturated rings. The molecule has 1 rings (SSSR count). The van der Waals surface area contributed by atoms with Gasteiger partial charge in [-0.05, 0) is 51.4 Å². The Morgan fingerprint density at radius 3 is 1.89 bits per heavy atom. The molecule has 0 atom stereocenters. The van der Waals surface area contributed by atoms with Crippen molar-refractivity contribution in [3.8, 4) is 0 Å². The maximum absolute atomic E-state index is 12.2. The molecule has 162 valence electrons. The summed E-state index contributed by atoms with van der Waals surface area (Å²) in [6, 6.07) is 0. The Bertz CT molecular complexity index is 374. The minimum Gasteiger partial charge on any atom is -0.377 e. The number of hydrogen-bond acceptors (Lipinski definition) is 5. The van der Waals surface area contributed by atoms with Crippen molar-refractivity contribution < 1.29 is 25.2 Å². The van der Waals surface area contributed by atoms with Crippen molar-refractivity contribution in [1.29, 1.82) is 0 Å². The fourth-order valence-corrected chi connectivity index (χ4v) is 3.32. The minimum atomic E-state index is 0. The molecule has 0 bridgehead atoms. The Morgan fingerprint density at radius 2 is 1.37 bits per heavy atom. The molecule has 6 heteroatoms. The van der Waals surface area contributed by atoms with Gasteiger partial charge in [0.25, 0.3) is 0 Å². The highest BCUT2D eigenvalue weighted by Crippen LogP contribution is 2.33. The standard InChI is InChI=1S/C21H41NO5.H2/c1-17(2)19-5-7-20(8-6-19)21(23)22-9-10-24-11-12-25-13-14-26-15-16-27-18(3)4;/h17-20H,5-16H2,1-4H3,(H,22,23);1H. The number of amides is 1. The molecule has 1 saturated carbocycles. The fraction of sp³-hybridized carbons (Fsp3) is 0.952. The summed E-state index contributed by atoms with van der Waals surface area (Å²) < 4.78 is 21.7. The lowest BCUT2D eigenvalue weighted by Gasteiger charge is -2.30. The van der Waals surface area contributed by atoms with Crippen molar-refractivity contribution in [2.75, 3.05) is 52.8 Å². The normalized spacial score (nSPS) is 20.4. The summed E-state index contributed by atoms with van der Waals surface area (Å²) in [5.41, 5.74) is 0. The van der Waals surface area contributed by atoms with Crippen LogP contribution in [0, 0.1) is 17.8 Å². The van der Waals surface area contributed by atoms with Crippen LogP contribution in [0.4, 0.5) is 0 Å². The average Bonchev–Trinajstić information content (AvgIpc) is 2.65. The average molecular weight is 390 g/mol. The van der Waals surface area contributed by atoms with Crippen molar-refractivity contribution in [2.24, 2.45) is 17.8 Å². The third-order valence-corrected chi connectivity index (χ3v) is 5.05. The number of rotatable bonds is 15. The molecule has 0 heterocycles. The second-order valence-corrected chi connectivity index (χ2v) is 7.90. The molecule has 0 radical (unpaired) electrons. The predicted molar refractivity (Wildman–Crippen MR) is 109 cm³/mol. The summed E-state index contributed by atoms with van der Waals surface area (Å²) in [5, 5.41) is 3.00. The molecule has 0 aromatic heterocycles. The van der Waals surface area contributed by atoms with Crippen LogP contribution < -0.4 is 5.32 Å². The maximum Gasteiger partial charge on any atom is 0.223 e. The molecule has 0 unspecified atom stereocenters. The molecule has 27 heavy (non-hydrogen) atoms. The van der Waals surface area contributed by atoms with E-state index in [1.54, 1.807) is 0 Å². The fourth-order valence-electron chi connectivity index (χ4n) is 3.32. The SMILES string of the molecule is CC(C)OCCOCCOCCOCCNC(=O)C1CCC(C(C)C)CC1.[HH]. The van der Waals surface area contributed by atoms with E-state index in [0.717, 1.165) is 24.7 Å². The summed E-state index contributed by atoms with van der Waals surface area (Å²) in [5.74, 6) is 1.90. The van der Waals surface area contributed by atoms with Crippen molar-refractivity contribution in [2.45, 2.75) is 59.5 Å². The third-order valence-electron chi connectivity index (χ3n) is 5.05. The molecule has 0 aliphatic heterocycles. The van der Waals surface area contributed by atoms with Crippen LogP contribution in [0.5, 0.6) is 0 Å². The van der Waals surface area contributed by atoms with Crippen molar-refractivity contribution in [1.82, 2.24) is 5.32 Å². The number of nitrogens with one attached hydrogen (secondary N) is 1. The second kappa shape index (κ2) is 15.3. The van der Waals surface area contributed by atoms with Crippen LogP contribution in [0.15, 0.2) is 0 Å². The first-order valence-corrected chi connectivity index (χ1v) is 10.6. The first kappa shape index (κ1) is 24.3. The Hall–Kier alpha value is -0.690. The van der Waals surface area contributed by atoms with Gasteiger partial charge in [-0.25, -0.2) is 0 Å². The molecular weight excluding hydrogens is 346 g/mol. The Labute approximate surface area is 167 Å². The van der Waals surface area contributed by atoms with Crippen LogP contribution in [-0.2, 0) is 23.7 Å². The number of carbonyl (C=O) groups is 1. The Morgan fingerprint density at radius 1 is 0.852 bits per heavy atom. The van der Waals surface area contributed by atoms with Gasteiger partial charge in [0.05, 0.1) is 52.4 Å². The number of hydrogen-bond donors (Lipinski definition) is 1. The van der Waals surface area contributed by atoms with E-state index in [-0.39, 0.29) is 19.4 Å². The van der Waals surface area contributed by atoms with Gasteiger partial charge < -0.3 is 24.3 Å². The van der Waals surface area contributed by atoms with Gasteiger partial charge in [-0.1, -0.05) is 13.8 Å². The van der Waals surface area contributed by atoms with Gasteiger partial charge >= 0.3 is 0 Å². The molecule has 1 amide bonds. The molecule has 1 aliphatic rings. The van der Waals surface area contributed by atoms with Gasteiger partial charge in [0.1, 0.15) is 0 Å². The summed E-state index contributed by atoms with van der Waals surface area (Å²) in [6.45, 7) is 13.1.